The van der Waals surface area contributed by atoms with Crippen molar-refractivity contribution in [2.75, 3.05) is 0 Å². The van der Waals surface area contributed by atoms with E-state index in [1.165, 1.54) is 49.7 Å². The Balaban J connectivity index is 1.26. The maximum Gasteiger partial charge on any atom is 0.156 e. The normalized spacial score (nSPS) is 45.4. The third kappa shape index (κ3) is 3.45. The molecule has 5 rings (SSSR count). The number of nitrogens with zero attached hydrogens (tertiary/aromatic N) is 3. The van der Waals surface area contributed by atoms with Gasteiger partial charge in [0.15, 0.2) is 5.78 Å². The second kappa shape index (κ2) is 7.72. The number of ketones is 1. The Bertz CT molecular complexity index is 764. The third-order valence-corrected chi connectivity index (χ3v) is 10.2. The van der Waals surface area contributed by atoms with E-state index in [0.29, 0.717) is 24.3 Å². The van der Waals surface area contributed by atoms with Crippen LogP contribution < -0.4 is 0 Å². The molecule has 5 nitrogen and oxygen atoms in total. The van der Waals surface area contributed by atoms with Crippen molar-refractivity contribution in [3.63, 3.8) is 0 Å². The van der Waals surface area contributed by atoms with Gasteiger partial charge in [-0.2, -0.15) is 15.0 Å². The highest BCUT2D eigenvalue weighted by Crippen LogP contribution is 2.65. The maximum atomic E-state index is 12.7. The number of carbonyl (C=O) groups is 1. The predicted molar refractivity (Wildman–Crippen MR) is 115 cm³/mol. The number of carbonyl (C=O) groups excluding carboxylic acids is 1. The Morgan fingerprint density at radius 2 is 1.80 bits per heavy atom. The van der Waals surface area contributed by atoms with Gasteiger partial charge in [0.25, 0.3) is 0 Å². The van der Waals surface area contributed by atoms with Crippen LogP contribution in [0.5, 0.6) is 0 Å². The zero-order valence-electron chi connectivity index (χ0n) is 18.8. The molecule has 30 heavy (non-hydrogen) atoms. The first-order valence-corrected chi connectivity index (χ1v) is 12.5. The summed E-state index contributed by atoms with van der Waals surface area (Å²) in [6, 6.07) is 0. The molecule has 1 N–H and O–H groups in total. The Labute approximate surface area is 181 Å². The molecule has 166 valence electrons. The van der Waals surface area contributed by atoms with Crippen molar-refractivity contribution in [3.05, 3.63) is 12.4 Å². The maximum absolute atomic E-state index is 12.7. The number of Topliss-reactive ketones (excluding diaryl/α,β-unsaturated/α-hetero) is 1. The summed E-state index contributed by atoms with van der Waals surface area (Å²) in [6.45, 7) is 4.98. The van der Waals surface area contributed by atoms with Crippen molar-refractivity contribution < 1.29 is 9.90 Å². The van der Waals surface area contributed by atoms with Crippen LogP contribution in [0.15, 0.2) is 12.4 Å². The van der Waals surface area contributed by atoms with Crippen LogP contribution in [0, 0.1) is 40.9 Å². The number of hydrogen-bond acceptors (Lipinski definition) is 4. The van der Waals surface area contributed by atoms with E-state index in [9.17, 15) is 9.90 Å². The van der Waals surface area contributed by atoms with Gasteiger partial charge in [0, 0.05) is 6.42 Å². The molecular formula is C25H39N3O2. The molecule has 0 radical (unpaired) electrons. The fourth-order valence-electron chi connectivity index (χ4n) is 8.55. The highest BCUT2D eigenvalue weighted by Gasteiger charge is 2.57. The van der Waals surface area contributed by atoms with Gasteiger partial charge in [-0.05, 0) is 105 Å². The zero-order valence-corrected chi connectivity index (χ0v) is 18.8. The van der Waals surface area contributed by atoms with Crippen molar-refractivity contribution in [1.82, 2.24) is 15.0 Å². The van der Waals surface area contributed by atoms with Crippen LogP contribution in [-0.4, -0.2) is 31.5 Å². The molecule has 1 heterocycles. The van der Waals surface area contributed by atoms with Gasteiger partial charge < -0.3 is 5.11 Å². The summed E-state index contributed by atoms with van der Waals surface area (Å²) in [5, 5.41) is 19.1. The van der Waals surface area contributed by atoms with Gasteiger partial charge in [0.1, 0.15) is 6.54 Å². The van der Waals surface area contributed by atoms with E-state index >= 15 is 0 Å². The van der Waals surface area contributed by atoms with Crippen LogP contribution in [0.1, 0.15) is 84.5 Å². The van der Waals surface area contributed by atoms with Crippen molar-refractivity contribution in [2.24, 2.45) is 40.9 Å². The number of fused-ring (bicyclic) bond motifs is 5. The van der Waals surface area contributed by atoms with E-state index in [1.54, 1.807) is 12.4 Å². The highest BCUT2D eigenvalue weighted by molar-refractivity contribution is 5.78. The topological polar surface area (TPSA) is 68.0 Å². The molecule has 4 aliphatic carbocycles. The van der Waals surface area contributed by atoms with Crippen LogP contribution in [0.25, 0.3) is 0 Å². The lowest BCUT2D eigenvalue weighted by Crippen LogP contribution is -2.51. The molecule has 0 unspecified atom stereocenters. The summed E-state index contributed by atoms with van der Waals surface area (Å²) in [5.74, 6) is 4.92. The third-order valence-electron chi connectivity index (χ3n) is 10.2. The fourth-order valence-corrected chi connectivity index (χ4v) is 8.55. The number of aliphatic hydroxyl groups is 1. The highest BCUT2D eigenvalue weighted by atomic mass is 16.3. The molecule has 0 saturated heterocycles. The molecule has 4 fully saturated rings. The van der Waals surface area contributed by atoms with Crippen LogP contribution in [-0.2, 0) is 11.3 Å². The van der Waals surface area contributed by atoms with E-state index < -0.39 is 0 Å². The number of rotatable bonds is 5. The first kappa shape index (κ1) is 20.7. The zero-order chi connectivity index (χ0) is 20.9. The van der Waals surface area contributed by atoms with Gasteiger partial charge in [-0.1, -0.05) is 13.8 Å². The van der Waals surface area contributed by atoms with Crippen molar-refractivity contribution in [2.45, 2.75) is 96.6 Å². The predicted octanol–water partition coefficient (Wildman–Crippen LogP) is 4.65. The summed E-state index contributed by atoms with van der Waals surface area (Å²) >= 11 is 0. The van der Waals surface area contributed by atoms with E-state index in [4.69, 9.17) is 0 Å². The molecule has 1 aromatic heterocycles. The average molecular weight is 414 g/mol. The van der Waals surface area contributed by atoms with Crippen LogP contribution >= 0.6 is 0 Å². The summed E-state index contributed by atoms with van der Waals surface area (Å²) in [6.07, 6.45) is 16.0. The van der Waals surface area contributed by atoms with Gasteiger partial charge in [0.05, 0.1) is 18.0 Å². The van der Waals surface area contributed by atoms with Crippen molar-refractivity contribution in [1.29, 1.82) is 0 Å². The fraction of sp³-hybridized carbons (Fsp3) is 0.880. The molecule has 5 heteroatoms. The Morgan fingerprint density at radius 3 is 2.57 bits per heavy atom. The number of aromatic nitrogens is 3. The largest absolute Gasteiger partial charge is 0.390 e. The lowest BCUT2D eigenvalue weighted by Gasteiger charge is -2.57. The van der Waals surface area contributed by atoms with Gasteiger partial charge in [-0.15, -0.1) is 0 Å². The summed E-state index contributed by atoms with van der Waals surface area (Å²) in [7, 11) is 0. The van der Waals surface area contributed by atoms with E-state index in [1.807, 2.05) is 0 Å². The van der Waals surface area contributed by atoms with E-state index in [2.05, 4.69) is 24.0 Å². The first-order valence-electron chi connectivity index (χ1n) is 12.5. The summed E-state index contributed by atoms with van der Waals surface area (Å²) in [5.41, 5.74) is -0.0561. The SMILES string of the molecule is CC[C@@]1(O)CC[C@H]2[C@H](CC[C@@H]3[C@@H]2CC[C@]2(C)[C@@H](CC(=O)Cn4nccn4)CC[C@@H]32)C1. The summed E-state index contributed by atoms with van der Waals surface area (Å²) < 4.78 is 0. The molecule has 4 aliphatic rings. The van der Waals surface area contributed by atoms with Gasteiger partial charge in [0.2, 0.25) is 0 Å². The lowest BCUT2D eigenvalue weighted by atomic mass is 9.48. The Kier molecular flexibility index (Phi) is 5.32. The molecule has 0 aromatic carbocycles. The minimum absolute atomic E-state index is 0.287. The van der Waals surface area contributed by atoms with Crippen LogP contribution in [0.2, 0.25) is 0 Å². The van der Waals surface area contributed by atoms with Crippen molar-refractivity contribution in [3.8, 4) is 0 Å². The Morgan fingerprint density at radius 1 is 1.03 bits per heavy atom. The molecule has 1 aromatic rings. The lowest BCUT2D eigenvalue weighted by molar-refractivity contribution is -0.124. The molecule has 0 amide bonds. The molecule has 0 aliphatic heterocycles. The minimum atomic E-state index is -0.389. The standard InChI is InChI=1S/C25H39N3O2/c1-3-25(30)11-9-20-17(15-25)4-6-22-21(20)8-10-24(2)18(5-7-23(22)24)14-19(29)16-28-26-12-13-27-28/h12-13,17-18,20-23,30H,3-11,14-16H2,1-2H3/t17-,18-,20+,21-,22-,23+,24-,25-/m1/s1. The first-order chi connectivity index (χ1) is 14.4. The van der Waals surface area contributed by atoms with Crippen LogP contribution in [0.3, 0.4) is 0 Å². The smallest absolute Gasteiger partial charge is 0.156 e. The second-order valence-corrected chi connectivity index (χ2v) is 11.4. The van der Waals surface area contributed by atoms with E-state index in [-0.39, 0.29) is 11.4 Å². The van der Waals surface area contributed by atoms with Gasteiger partial charge in [-0.25, -0.2) is 0 Å². The number of hydrogen-bond donors (Lipinski definition) is 1. The second-order valence-electron chi connectivity index (χ2n) is 11.4. The Hall–Kier alpha value is -1.23. The molecule has 8 atom stereocenters. The monoisotopic (exact) mass is 413 g/mol. The average Bonchev–Trinajstić information content (AvgIpc) is 3.35. The molecular weight excluding hydrogens is 374 g/mol. The van der Waals surface area contributed by atoms with E-state index in [0.717, 1.165) is 48.9 Å². The molecule has 0 bridgehead atoms. The quantitative estimate of drug-likeness (QED) is 0.763. The summed E-state index contributed by atoms with van der Waals surface area (Å²) in [4.78, 5) is 14.2. The molecule has 0 spiro atoms. The minimum Gasteiger partial charge on any atom is -0.390 e. The van der Waals surface area contributed by atoms with Crippen molar-refractivity contribution >= 4 is 5.78 Å². The van der Waals surface area contributed by atoms with Gasteiger partial charge >= 0.3 is 0 Å². The van der Waals surface area contributed by atoms with Gasteiger partial charge in [-0.3, -0.25) is 4.79 Å². The molecule has 4 saturated carbocycles. The van der Waals surface area contributed by atoms with Crippen LogP contribution in [0.4, 0.5) is 0 Å².